The average molecular weight is 271 g/mol. The number of carboxylic acids is 1. The summed E-state index contributed by atoms with van der Waals surface area (Å²) in [6.07, 6.45) is 2.01. The molecule has 0 spiro atoms. The number of urea groups is 1. The molecule has 0 aromatic carbocycles. The molecule has 2 amide bonds. The molecule has 18 heavy (non-hydrogen) atoms. The summed E-state index contributed by atoms with van der Waals surface area (Å²) in [5, 5.41) is 11.6. The zero-order chi connectivity index (χ0) is 13.1. The predicted molar refractivity (Wildman–Crippen MR) is 70.1 cm³/mol. The summed E-state index contributed by atoms with van der Waals surface area (Å²) in [6, 6.07) is -0.863. The van der Waals surface area contributed by atoms with Gasteiger partial charge in [-0.3, -0.25) is 9.79 Å². The summed E-state index contributed by atoms with van der Waals surface area (Å²) in [7, 11) is 0. The van der Waals surface area contributed by atoms with Crippen LogP contribution in [0.4, 0.5) is 4.79 Å². The Morgan fingerprint density at radius 3 is 2.83 bits per heavy atom. The van der Waals surface area contributed by atoms with E-state index in [4.69, 9.17) is 5.11 Å². The number of hydrogen-bond acceptors (Lipinski definition) is 4. The van der Waals surface area contributed by atoms with Crippen LogP contribution in [-0.2, 0) is 4.79 Å². The van der Waals surface area contributed by atoms with Gasteiger partial charge < -0.3 is 15.3 Å². The molecule has 0 radical (unpaired) electrons. The Labute approximate surface area is 110 Å². The summed E-state index contributed by atoms with van der Waals surface area (Å²) >= 11 is 1.63. The first kappa shape index (κ1) is 13.2. The van der Waals surface area contributed by atoms with E-state index in [1.165, 1.54) is 6.92 Å². The molecule has 2 rings (SSSR count). The van der Waals surface area contributed by atoms with Gasteiger partial charge in [0.15, 0.2) is 0 Å². The van der Waals surface area contributed by atoms with Crippen LogP contribution in [0.15, 0.2) is 4.99 Å². The maximum atomic E-state index is 12.0. The maximum absolute atomic E-state index is 12.0. The van der Waals surface area contributed by atoms with Gasteiger partial charge in [-0.2, -0.15) is 0 Å². The van der Waals surface area contributed by atoms with E-state index >= 15 is 0 Å². The van der Waals surface area contributed by atoms with Crippen LogP contribution in [0.1, 0.15) is 19.8 Å². The third-order valence-electron chi connectivity index (χ3n) is 3.00. The van der Waals surface area contributed by atoms with Gasteiger partial charge in [0.2, 0.25) is 0 Å². The number of nitrogens with one attached hydrogen (secondary N) is 1. The number of aliphatic imine (C=N–C) groups is 1. The first-order valence-corrected chi connectivity index (χ1v) is 6.96. The van der Waals surface area contributed by atoms with Crippen LogP contribution >= 0.6 is 11.8 Å². The van der Waals surface area contributed by atoms with E-state index in [0.29, 0.717) is 11.8 Å². The van der Waals surface area contributed by atoms with Crippen molar-refractivity contribution in [2.24, 2.45) is 4.99 Å². The van der Waals surface area contributed by atoms with Crippen molar-refractivity contribution in [1.29, 1.82) is 0 Å². The lowest BCUT2D eigenvalue weighted by molar-refractivity contribution is -0.138. The van der Waals surface area contributed by atoms with Gasteiger partial charge in [0, 0.05) is 17.8 Å². The monoisotopic (exact) mass is 271 g/mol. The van der Waals surface area contributed by atoms with Crippen molar-refractivity contribution in [3.8, 4) is 0 Å². The fraction of sp³-hybridized carbons (Fsp3) is 0.727. The number of carbonyl (C=O) groups is 2. The van der Waals surface area contributed by atoms with Gasteiger partial charge in [-0.15, -0.1) is 11.8 Å². The van der Waals surface area contributed by atoms with Crippen molar-refractivity contribution in [3.63, 3.8) is 0 Å². The molecule has 0 saturated heterocycles. The molecule has 0 aromatic rings. The smallest absolute Gasteiger partial charge is 0.325 e. The lowest BCUT2D eigenvalue weighted by atomic mass is 10.3. The molecule has 2 atom stereocenters. The van der Waals surface area contributed by atoms with Crippen molar-refractivity contribution in [3.05, 3.63) is 0 Å². The maximum Gasteiger partial charge on any atom is 0.325 e. The highest BCUT2D eigenvalue weighted by molar-refractivity contribution is 8.12. The molecule has 2 N–H and O–H groups in total. The molecule has 6 nitrogen and oxygen atoms in total. The molecule has 0 aromatic heterocycles. The molecule has 1 heterocycles. The van der Waals surface area contributed by atoms with E-state index in [9.17, 15) is 9.59 Å². The lowest BCUT2D eigenvalue weighted by Crippen LogP contribution is -2.49. The third-order valence-corrected chi connectivity index (χ3v) is 3.95. The quantitative estimate of drug-likeness (QED) is 0.774. The summed E-state index contributed by atoms with van der Waals surface area (Å²) in [6.45, 7) is 2.84. The molecule has 1 aliphatic heterocycles. The summed E-state index contributed by atoms with van der Waals surface area (Å²) in [5.74, 6) is -1.02. The van der Waals surface area contributed by atoms with Crippen molar-refractivity contribution in [2.75, 3.05) is 13.1 Å². The molecule has 100 valence electrons. The van der Waals surface area contributed by atoms with Crippen LogP contribution in [0.3, 0.4) is 0 Å². The van der Waals surface area contributed by atoms with Crippen LogP contribution in [0.25, 0.3) is 0 Å². The Morgan fingerprint density at radius 1 is 1.61 bits per heavy atom. The van der Waals surface area contributed by atoms with E-state index in [0.717, 1.165) is 19.4 Å². The molecular formula is C11H17N3O3S. The highest BCUT2D eigenvalue weighted by Gasteiger charge is 2.35. The van der Waals surface area contributed by atoms with Gasteiger partial charge in [0.1, 0.15) is 6.04 Å². The van der Waals surface area contributed by atoms with Gasteiger partial charge in [-0.1, -0.05) is 0 Å². The van der Waals surface area contributed by atoms with Crippen LogP contribution < -0.4 is 5.32 Å². The Hall–Kier alpha value is -1.24. The van der Waals surface area contributed by atoms with Crippen LogP contribution in [0.5, 0.6) is 0 Å². The zero-order valence-corrected chi connectivity index (χ0v) is 11.0. The van der Waals surface area contributed by atoms with E-state index < -0.39 is 12.0 Å². The second-order valence-electron chi connectivity index (χ2n) is 4.62. The fourth-order valence-electron chi connectivity index (χ4n) is 1.77. The molecule has 1 fully saturated rings. The number of thioether (sulfide) groups is 1. The van der Waals surface area contributed by atoms with E-state index in [-0.39, 0.29) is 12.1 Å². The van der Waals surface area contributed by atoms with Crippen LogP contribution in [0, 0.1) is 0 Å². The van der Waals surface area contributed by atoms with Crippen molar-refractivity contribution < 1.29 is 14.7 Å². The minimum Gasteiger partial charge on any atom is -0.480 e. The van der Waals surface area contributed by atoms with Gasteiger partial charge in [-0.25, -0.2) is 4.79 Å². The highest BCUT2D eigenvalue weighted by Crippen LogP contribution is 2.29. The van der Waals surface area contributed by atoms with Gasteiger partial charge in [0.05, 0.1) is 12.1 Å². The summed E-state index contributed by atoms with van der Waals surface area (Å²) in [4.78, 5) is 28.6. The van der Waals surface area contributed by atoms with Gasteiger partial charge >= 0.3 is 12.0 Å². The van der Waals surface area contributed by atoms with Crippen LogP contribution in [-0.4, -0.2) is 58.0 Å². The molecule has 1 unspecified atom stereocenters. The second-order valence-corrected chi connectivity index (χ2v) is 5.77. The average Bonchev–Trinajstić information content (AvgIpc) is 3.03. The normalized spacial score (nSPS) is 23.7. The minimum atomic E-state index is -1.02. The second kappa shape index (κ2) is 5.60. The Bertz CT molecular complexity index is 363. The first-order chi connectivity index (χ1) is 8.58. The standard InChI is InChI=1S/C11H17N3O3S/c1-7(10(15)16)13-11(17)14(8-2-3-8)5-9-4-12-6-18-9/h6-9H,2-5H2,1H3,(H,13,17)(H,15,16)/t7-,9?/m0/s1. The van der Waals surface area contributed by atoms with Crippen molar-refractivity contribution >= 4 is 29.3 Å². The largest absolute Gasteiger partial charge is 0.480 e. The number of nitrogens with zero attached hydrogens (tertiary/aromatic N) is 2. The Balaban J connectivity index is 1.88. The van der Waals surface area contributed by atoms with Crippen molar-refractivity contribution in [1.82, 2.24) is 10.2 Å². The SMILES string of the molecule is C[C@H](NC(=O)N(CC1CN=CS1)C1CC1)C(=O)O. The van der Waals surface area contributed by atoms with Crippen LogP contribution in [0.2, 0.25) is 0 Å². The Kier molecular flexibility index (Phi) is 4.11. The molecule has 7 heteroatoms. The predicted octanol–water partition coefficient (Wildman–Crippen LogP) is 0.777. The molecule has 2 aliphatic rings. The molecule has 1 saturated carbocycles. The number of hydrogen-bond donors (Lipinski definition) is 2. The number of aliphatic carboxylic acids is 1. The number of amides is 2. The minimum absolute atomic E-state index is 0.271. The van der Waals surface area contributed by atoms with E-state index in [2.05, 4.69) is 10.3 Å². The Morgan fingerprint density at radius 2 is 2.33 bits per heavy atom. The summed E-state index contributed by atoms with van der Waals surface area (Å²) < 4.78 is 0. The lowest BCUT2D eigenvalue weighted by Gasteiger charge is -2.26. The zero-order valence-electron chi connectivity index (χ0n) is 10.2. The molecule has 0 bridgehead atoms. The molecular weight excluding hydrogens is 254 g/mol. The number of carbonyl (C=O) groups excluding carboxylic acids is 1. The summed E-state index contributed by atoms with van der Waals surface area (Å²) in [5.41, 5.74) is 1.81. The van der Waals surface area contributed by atoms with E-state index in [1.54, 1.807) is 16.7 Å². The molecule has 1 aliphatic carbocycles. The van der Waals surface area contributed by atoms with Gasteiger partial charge in [-0.05, 0) is 19.8 Å². The first-order valence-electron chi connectivity index (χ1n) is 6.01. The highest BCUT2D eigenvalue weighted by atomic mass is 32.2. The number of rotatable bonds is 5. The van der Waals surface area contributed by atoms with E-state index in [1.807, 2.05) is 5.55 Å². The third kappa shape index (κ3) is 3.38. The van der Waals surface area contributed by atoms with Crippen molar-refractivity contribution in [2.45, 2.75) is 37.1 Å². The van der Waals surface area contributed by atoms with Gasteiger partial charge in [0.25, 0.3) is 0 Å². The topological polar surface area (TPSA) is 82.0 Å². The number of carboxylic acid groups (broad SMARTS) is 1. The fourth-order valence-corrected chi connectivity index (χ4v) is 2.53.